The summed E-state index contributed by atoms with van der Waals surface area (Å²) in [6.07, 6.45) is 1.73. The van der Waals surface area contributed by atoms with Gasteiger partial charge < -0.3 is 10.1 Å². The van der Waals surface area contributed by atoms with Crippen molar-refractivity contribution in [1.82, 2.24) is 9.62 Å². The van der Waals surface area contributed by atoms with Gasteiger partial charge in [-0.05, 0) is 44.5 Å². The topological polar surface area (TPSA) is 58.6 Å². The van der Waals surface area contributed by atoms with E-state index in [-0.39, 0.29) is 22.3 Å². The van der Waals surface area contributed by atoms with Crippen molar-refractivity contribution in [2.45, 2.75) is 17.7 Å². The van der Waals surface area contributed by atoms with Crippen molar-refractivity contribution in [3.05, 3.63) is 23.2 Å². The van der Waals surface area contributed by atoms with E-state index in [9.17, 15) is 8.42 Å². The number of hydrogen-bond acceptors (Lipinski definition) is 4. The van der Waals surface area contributed by atoms with Crippen molar-refractivity contribution in [3.63, 3.8) is 0 Å². The maximum absolute atomic E-state index is 12.7. The van der Waals surface area contributed by atoms with Crippen molar-refractivity contribution in [2.24, 2.45) is 5.92 Å². The van der Waals surface area contributed by atoms with Gasteiger partial charge in [-0.25, -0.2) is 8.42 Å². The fourth-order valence-electron chi connectivity index (χ4n) is 2.59. The first-order valence-electron chi connectivity index (χ1n) is 6.97. The molecule has 0 spiro atoms. The molecule has 1 aliphatic heterocycles. The molecule has 8 heteroatoms. The molecule has 0 atom stereocenters. The van der Waals surface area contributed by atoms with Crippen LogP contribution in [0.1, 0.15) is 12.8 Å². The normalized spacial score (nSPS) is 17.0. The molecule has 1 aromatic carbocycles. The lowest BCUT2D eigenvalue weighted by atomic mass is 9.98. The summed E-state index contributed by atoms with van der Waals surface area (Å²) in [4.78, 5) is 0.121. The van der Waals surface area contributed by atoms with Crippen LogP contribution in [0.5, 0.6) is 5.75 Å². The third-order valence-electron chi connectivity index (χ3n) is 3.82. The highest BCUT2D eigenvalue weighted by Crippen LogP contribution is 2.30. The van der Waals surface area contributed by atoms with Crippen LogP contribution in [0.4, 0.5) is 0 Å². The van der Waals surface area contributed by atoms with Crippen LogP contribution in [0.2, 0.25) is 5.02 Å². The van der Waals surface area contributed by atoms with Crippen molar-refractivity contribution < 1.29 is 13.2 Å². The lowest BCUT2D eigenvalue weighted by Crippen LogP contribution is -2.40. The highest BCUT2D eigenvalue weighted by molar-refractivity contribution is 7.89. The molecule has 1 aromatic rings. The number of nitrogens with zero attached hydrogens (tertiary/aromatic N) is 1. The molecule has 1 saturated heterocycles. The van der Waals surface area contributed by atoms with Crippen molar-refractivity contribution in [1.29, 1.82) is 0 Å². The summed E-state index contributed by atoms with van der Waals surface area (Å²) in [6, 6.07) is 4.69. The number of ether oxygens (including phenoxy) is 1. The number of methoxy groups -OCH3 is 1. The molecule has 1 heterocycles. The van der Waals surface area contributed by atoms with Crippen molar-refractivity contribution >= 4 is 34.0 Å². The minimum atomic E-state index is -3.56. The smallest absolute Gasteiger partial charge is 0.244 e. The minimum Gasteiger partial charge on any atom is -0.497 e. The number of benzene rings is 1. The fraction of sp³-hybridized carbons (Fsp3) is 0.571. The summed E-state index contributed by atoms with van der Waals surface area (Å²) in [5.74, 6) is 1.02. The molecule has 1 N–H and O–H groups in total. The van der Waals surface area contributed by atoms with E-state index in [2.05, 4.69) is 5.32 Å². The number of rotatable bonds is 5. The summed E-state index contributed by atoms with van der Waals surface area (Å²) in [5, 5.41) is 3.37. The van der Waals surface area contributed by atoms with Crippen LogP contribution in [0.15, 0.2) is 23.1 Å². The molecule has 1 aliphatic rings. The van der Waals surface area contributed by atoms with Crippen molar-refractivity contribution in [2.75, 3.05) is 33.8 Å². The maximum atomic E-state index is 12.7. The molecule has 1 fully saturated rings. The van der Waals surface area contributed by atoms with Crippen LogP contribution in [-0.2, 0) is 10.0 Å². The van der Waals surface area contributed by atoms with Gasteiger partial charge in [0, 0.05) is 19.2 Å². The molecule has 0 radical (unpaired) electrons. The van der Waals surface area contributed by atoms with E-state index in [0.29, 0.717) is 24.8 Å². The molecule has 0 amide bonds. The Morgan fingerprint density at radius 1 is 1.36 bits per heavy atom. The zero-order valence-electron chi connectivity index (χ0n) is 12.7. The molecule has 0 aliphatic carbocycles. The standard InChI is InChI=1S/C14H21ClN2O3S.ClH/c1-16-10-11-5-7-17(8-6-11)21(18,19)14-9-12(20-2)3-4-13(14)15;/h3-4,9,11,16H,5-8,10H2,1-2H3;1H. The quantitative estimate of drug-likeness (QED) is 0.866. The number of nitrogens with one attached hydrogen (secondary N) is 1. The van der Waals surface area contributed by atoms with E-state index < -0.39 is 10.0 Å². The molecule has 126 valence electrons. The summed E-state index contributed by atoms with van der Waals surface area (Å²) in [7, 11) is -0.144. The van der Waals surface area contributed by atoms with Crippen LogP contribution in [0.3, 0.4) is 0 Å². The summed E-state index contributed by atoms with van der Waals surface area (Å²) in [5.41, 5.74) is 0. The first kappa shape index (κ1) is 19.5. The first-order chi connectivity index (χ1) is 9.98. The summed E-state index contributed by atoms with van der Waals surface area (Å²) < 4.78 is 32.0. The second-order valence-electron chi connectivity index (χ2n) is 5.20. The van der Waals surface area contributed by atoms with Crippen LogP contribution in [0, 0.1) is 5.92 Å². The second-order valence-corrected chi connectivity index (χ2v) is 7.52. The van der Waals surface area contributed by atoms with Gasteiger partial charge in [0.25, 0.3) is 0 Å². The number of hydrogen-bond donors (Lipinski definition) is 1. The molecule has 22 heavy (non-hydrogen) atoms. The third-order valence-corrected chi connectivity index (χ3v) is 6.20. The van der Waals surface area contributed by atoms with Gasteiger partial charge in [0.15, 0.2) is 0 Å². The van der Waals surface area contributed by atoms with Crippen LogP contribution >= 0.6 is 24.0 Å². The Morgan fingerprint density at radius 3 is 2.55 bits per heavy atom. The largest absolute Gasteiger partial charge is 0.497 e. The van der Waals surface area contributed by atoms with Gasteiger partial charge in [-0.2, -0.15) is 4.31 Å². The molecule has 0 bridgehead atoms. The Bertz CT molecular complexity index is 588. The van der Waals surface area contributed by atoms with Gasteiger partial charge in [0.1, 0.15) is 10.6 Å². The third kappa shape index (κ3) is 4.26. The zero-order valence-corrected chi connectivity index (χ0v) is 15.1. The van der Waals surface area contributed by atoms with Crippen LogP contribution in [0.25, 0.3) is 0 Å². The summed E-state index contributed by atoms with van der Waals surface area (Å²) in [6.45, 7) is 1.98. The molecule has 0 unspecified atom stereocenters. The molecular weight excluding hydrogens is 347 g/mol. The van der Waals surface area contributed by atoms with Crippen LogP contribution in [-0.4, -0.2) is 46.5 Å². The van der Waals surface area contributed by atoms with Gasteiger partial charge >= 0.3 is 0 Å². The molecule has 0 saturated carbocycles. The predicted molar refractivity (Wildman–Crippen MR) is 90.7 cm³/mol. The summed E-state index contributed by atoms with van der Waals surface area (Å²) >= 11 is 6.06. The SMILES string of the molecule is CNCC1CCN(S(=O)(=O)c2cc(OC)ccc2Cl)CC1.Cl. The predicted octanol–water partition coefficient (Wildman–Crippen LogP) is 2.39. The second kappa shape index (κ2) is 8.36. The average Bonchev–Trinajstić information content (AvgIpc) is 2.48. The lowest BCUT2D eigenvalue weighted by Gasteiger charge is -2.31. The highest BCUT2D eigenvalue weighted by atomic mass is 35.5. The first-order valence-corrected chi connectivity index (χ1v) is 8.79. The van der Waals surface area contributed by atoms with E-state index in [1.54, 1.807) is 12.1 Å². The Kier molecular flexibility index (Phi) is 7.41. The van der Waals surface area contributed by atoms with Crippen LogP contribution < -0.4 is 10.1 Å². The van der Waals surface area contributed by atoms with Gasteiger partial charge in [-0.3, -0.25) is 0 Å². The highest BCUT2D eigenvalue weighted by Gasteiger charge is 2.30. The number of halogens is 2. The van der Waals surface area contributed by atoms with E-state index >= 15 is 0 Å². The van der Waals surface area contributed by atoms with Gasteiger partial charge in [-0.1, -0.05) is 11.6 Å². The Balaban J connectivity index is 0.00000242. The number of sulfonamides is 1. The molecular formula is C14H22Cl2N2O3S. The minimum absolute atomic E-state index is 0. The average molecular weight is 369 g/mol. The van der Waals surface area contributed by atoms with E-state index in [0.717, 1.165) is 19.4 Å². The van der Waals surface area contributed by atoms with Gasteiger partial charge in [0.2, 0.25) is 10.0 Å². The Labute approximate surface area is 143 Å². The fourth-order valence-corrected chi connectivity index (χ4v) is 4.55. The van der Waals surface area contributed by atoms with Gasteiger partial charge in [0.05, 0.1) is 12.1 Å². The Morgan fingerprint density at radius 2 is 2.00 bits per heavy atom. The molecule has 5 nitrogen and oxygen atoms in total. The van der Waals surface area contributed by atoms with Crippen molar-refractivity contribution in [3.8, 4) is 5.75 Å². The monoisotopic (exact) mass is 368 g/mol. The number of piperidine rings is 1. The Hall–Kier alpha value is -0.530. The lowest BCUT2D eigenvalue weighted by molar-refractivity contribution is 0.270. The van der Waals surface area contributed by atoms with E-state index in [1.165, 1.54) is 17.5 Å². The van der Waals surface area contributed by atoms with E-state index in [1.807, 2.05) is 7.05 Å². The van der Waals surface area contributed by atoms with Gasteiger partial charge in [-0.15, -0.1) is 12.4 Å². The maximum Gasteiger partial charge on any atom is 0.244 e. The molecule has 0 aromatic heterocycles. The molecule has 2 rings (SSSR count). The zero-order chi connectivity index (χ0) is 15.5. The van der Waals surface area contributed by atoms with E-state index in [4.69, 9.17) is 16.3 Å².